The van der Waals surface area contributed by atoms with Gasteiger partial charge in [-0.05, 0) is 63.6 Å². The van der Waals surface area contributed by atoms with E-state index >= 15 is 0 Å². The van der Waals surface area contributed by atoms with E-state index in [1.807, 2.05) is 13.0 Å². The number of nitrogens with zero attached hydrogens (tertiary/aromatic N) is 1. The molecule has 2 atom stereocenters. The van der Waals surface area contributed by atoms with Gasteiger partial charge in [0.05, 0.1) is 12.0 Å². The third-order valence-corrected chi connectivity index (χ3v) is 7.07. The van der Waals surface area contributed by atoms with Crippen LogP contribution in [0.25, 0.3) is 0 Å². The van der Waals surface area contributed by atoms with Crippen molar-refractivity contribution in [3.05, 3.63) is 35.9 Å². The van der Waals surface area contributed by atoms with Gasteiger partial charge < -0.3 is 15.4 Å². The van der Waals surface area contributed by atoms with Crippen molar-refractivity contribution in [2.24, 2.45) is 11.3 Å². The second-order valence-corrected chi connectivity index (χ2v) is 10.5. The zero-order chi connectivity index (χ0) is 23.7. The number of hydrogen-bond acceptors (Lipinski definition) is 4. The van der Waals surface area contributed by atoms with Crippen molar-refractivity contribution in [1.82, 2.24) is 15.5 Å². The summed E-state index contributed by atoms with van der Waals surface area (Å²) in [5.74, 6) is 0.292. The number of rotatable bonds is 4. The fourth-order valence-corrected chi connectivity index (χ4v) is 5.08. The number of carbonyl (C=O) groups is 2. The van der Waals surface area contributed by atoms with E-state index in [1.54, 1.807) is 0 Å². The van der Waals surface area contributed by atoms with Crippen molar-refractivity contribution in [3.8, 4) is 0 Å². The summed E-state index contributed by atoms with van der Waals surface area (Å²) in [5, 5.41) is 6.24. The molecule has 2 saturated heterocycles. The van der Waals surface area contributed by atoms with Gasteiger partial charge in [-0.3, -0.25) is 14.5 Å². The van der Waals surface area contributed by atoms with E-state index in [9.17, 15) is 9.59 Å². The molecule has 33 heavy (non-hydrogen) atoms. The highest BCUT2D eigenvalue weighted by Crippen LogP contribution is 2.38. The lowest BCUT2D eigenvalue weighted by Crippen LogP contribution is -2.56. The first kappa shape index (κ1) is 25.7. The van der Waals surface area contributed by atoms with Crippen molar-refractivity contribution in [2.45, 2.75) is 84.3 Å². The van der Waals surface area contributed by atoms with Crippen LogP contribution in [-0.4, -0.2) is 55.1 Å². The Morgan fingerprint density at radius 3 is 2.45 bits per heavy atom. The molecule has 2 heterocycles. The number of nitrogens with one attached hydrogen (secondary N) is 2. The van der Waals surface area contributed by atoms with E-state index in [4.69, 9.17) is 4.74 Å². The predicted molar refractivity (Wildman–Crippen MR) is 132 cm³/mol. The molecule has 6 nitrogen and oxygen atoms in total. The number of likely N-dealkylation sites (tertiary alicyclic amines) is 1. The number of piperidine rings is 1. The molecule has 1 aromatic carbocycles. The molecule has 2 amide bonds. The van der Waals surface area contributed by atoms with Gasteiger partial charge in [-0.15, -0.1) is 0 Å². The number of hydrogen-bond donors (Lipinski definition) is 2. The highest BCUT2D eigenvalue weighted by molar-refractivity contribution is 5.90. The molecule has 1 spiro atoms. The third-order valence-electron chi connectivity index (χ3n) is 7.07. The first-order valence-corrected chi connectivity index (χ1v) is 12.8. The van der Waals surface area contributed by atoms with Crippen molar-refractivity contribution in [3.63, 3.8) is 0 Å². The van der Waals surface area contributed by atoms with E-state index in [0.29, 0.717) is 25.6 Å². The zero-order valence-corrected chi connectivity index (χ0v) is 20.8. The fraction of sp³-hybridized carbons (Fsp3) is 0.704. The monoisotopic (exact) mass is 457 g/mol. The minimum Gasteiger partial charge on any atom is -0.379 e. The first-order chi connectivity index (χ1) is 15.9. The highest BCUT2D eigenvalue weighted by Gasteiger charge is 2.42. The SMILES string of the molecule is CC(C)C[C@@H]1NC(=O)C2(CCCCCOC[C@@H](C)NC1=O)CCN(Cc1ccccc1)CC2. The molecule has 2 N–H and O–H groups in total. The van der Waals surface area contributed by atoms with Crippen LogP contribution in [-0.2, 0) is 20.9 Å². The summed E-state index contributed by atoms with van der Waals surface area (Å²) in [6, 6.07) is 9.97. The lowest BCUT2D eigenvalue weighted by Gasteiger charge is -2.41. The molecular formula is C27H43N3O3. The summed E-state index contributed by atoms with van der Waals surface area (Å²) < 4.78 is 5.78. The van der Waals surface area contributed by atoms with E-state index in [-0.39, 0.29) is 23.3 Å². The fourth-order valence-electron chi connectivity index (χ4n) is 5.08. The average Bonchev–Trinajstić information content (AvgIpc) is 2.79. The Morgan fingerprint density at radius 1 is 1.03 bits per heavy atom. The van der Waals surface area contributed by atoms with Crippen LogP contribution in [0.5, 0.6) is 0 Å². The summed E-state index contributed by atoms with van der Waals surface area (Å²) in [4.78, 5) is 29.2. The van der Waals surface area contributed by atoms with Gasteiger partial charge in [0.2, 0.25) is 11.8 Å². The van der Waals surface area contributed by atoms with Gasteiger partial charge in [-0.2, -0.15) is 0 Å². The van der Waals surface area contributed by atoms with E-state index in [0.717, 1.165) is 58.2 Å². The summed E-state index contributed by atoms with van der Waals surface area (Å²) in [6.45, 7) is 10.1. The van der Waals surface area contributed by atoms with Crippen molar-refractivity contribution in [2.75, 3.05) is 26.3 Å². The number of ether oxygens (including phenoxy) is 1. The normalized spacial score (nSPS) is 25.9. The molecule has 0 saturated carbocycles. The Labute approximate surface area is 199 Å². The Bertz CT molecular complexity index is 744. The molecule has 184 valence electrons. The van der Waals surface area contributed by atoms with Gasteiger partial charge in [0.1, 0.15) is 6.04 Å². The molecule has 0 aliphatic carbocycles. The molecule has 2 aliphatic heterocycles. The van der Waals surface area contributed by atoms with Crippen LogP contribution in [0.2, 0.25) is 0 Å². The van der Waals surface area contributed by atoms with Crippen LogP contribution in [0.3, 0.4) is 0 Å². The summed E-state index contributed by atoms with van der Waals surface area (Å²) >= 11 is 0. The van der Waals surface area contributed by atoms with Crippen LogP contribution in [0.4, 0.5) is 0 Å². The average molecular weight is 458 g/mol. The Kier molecular flexibility index (Phi) is 9.75. The van der Waals surface area contributed by atoms with Gasteiger partial charge in [0.25, 0.3) is 0 Å². The molecule has 0 unspecified atom stereocenters. The zero-order valence-electron chi connectivity index (χ0n) is 20.8. The molecule has 1 aromatic rings. The second-order valence-electron chi connectivity index (χ2n) is 10.5. The minimum absolute atomic E-state index is 0.0674. The quantitative estimate of drug-likeness (QED) is 0.720. The standard InChI is InChI=1S/C27H43N3O3/c1-21(2)18-24-25(31)28-22(3)20-33-17-9-5-8-12-27(26(32)29-24)13-15-30(16-14-27)19-23-10-6-4-7-11-23/h4,6-7,10-11,21-22,24H,5,8-9,12-20H2,1-3H3,(H,28,31)(H,29,32)/t22-,24+/m1/s1. The number of benzene rings is 1. The Hall–Kier alpha value is -1.92. The van der Waals surface area contributed by atoms with Gasteiger partial charge in [0.15, 0.2) is 0 Å². The number of amides is 2. The predicted octanol–water partition coefficient (Wildman–Crippen LogP) is 3.90. The summed E-state index contributed by atoms with van der Waals surface area (Å²) in [7, 11) is 0. The Morgan fingerprint density at radius 2 is 1.76 bits per heavy atom. The summed E-state index contributed by atoms with van der Waals surface area (Å²) in [6.07, 6.45) is 6.29. The van der Waals surface area contributed by atoms with Crippen molar-refractivity contribution in [1.29, 1.82) is 0 Å². The summed E-state index contributed by atoms with van der Waals surface area (Å²) in [5.41, 5.74) is 0.922. The maximum Gasteiger partial charge on any atom is 0.242 e. The molecule has 6 heteroatoms. The minimum atomic E-state index is -0.498. The first-order valence-electron chi connectivity index (χ1n) is 12.8. The smallest absolute Gasteiger partial charge is 0.242 e. The third kappa shape index (κ3) is 7.82. The van der Waals surface area contributed by atoms with Gasteiger partial charge in [-0.25, -0.2) is 0 Å². The number of carbonyl (C=O) groups excluding carboxylic acids is 2. The lowest BCUT2D eigenvalue weighted by atomic mass is 9.73. The molecule has 0 bridgehead atoms. The maximum atomic E-state index is 13.7. The van der Waals surface area contributed by atoms with Crippen LogP contribution in [0.1, 0.15) is 71.3 Å². The molecule has 2 fully saturated rings. The van der Waals surface area contributed by atoms with Crippen molar-refractivity contribution < 1.29 is 14.3 Å². The van der Waals surface area contributed by atoms with Gasteiger partial charge in [-0.1, -0.05) is 57.0 Å². The van der Waals surface area contributed by atoms with Gasteiger partial charge in [0, 0.05) is 19.2 Å². The molecule has 3 rings (SSSR count). The largest absolute Gasteiger partial charge is 0.379 e. The molecule has 0 aromatic heterocycles. The van der Waals surface area contributed by atoms with E-state index in [1.165, 1.54) is 5.56 Å². The van der Waals surface area contributed by atoms with E-state index < -0.39 is 6.04 Å². The Balaban J connectivity index is 1.71. The highest BCUT2D eigenvalue weighted by atomic mass is 16.5. The van der Waals surface area contributed by atoms with Crippen LogP contribution in [0, 0.1) is 11.3 Å². The van der Waals surface area contributed by atoms with E-state index in [2.05, 4.69) is 53.6 Å². The van der Waals surface area contributed by atoms with Crippen LogP contribution in [0.15, 0.2) is 30.3 Å². The second kappa shape index (κ2) is 12.5. The maximum absolute atomic E-state index is 13.7. The molecule has 0 radical (unpaired) electrons. The van der Waals surface area contributed by atoms with Crippen molar-refractivity contribution >= 4 is 11.8 Å². The lowest BCUT2D eigenvalue weighted by molar-refractivity contribution is -0.139. The van der Waals surface area contributed by atoms with Crippen LogP contribution < -0.4 is 10.6 Å². The molecule has 2 aliphatic rings. The topological polar surface area (TPSA) is 70.7 Å². The van der Waals surface area contributed by atoms with Crippen LogP contribution >= 0.6 is 0 Å². The van der Waals surface area contributed by atoms with Gasteiger partial charge >= 0.3 is 0 Å². The molecular weight excluding hydrogens is 414 g/mol.